The molecule has 0 spiro atoms. The van der Waals surface area contributed by atoms with Crippen LogP contribution >= 0.6 is 23.2 Å². The monoisotopic (exact) mass is 976 g/mol. The molecule has 0 fully saturated rings. The number of rotatable bonds is 11. The minimum atomic E-state index is -2.03. The van der Waals surface area contributed by atoms with Crippen LogP contribution in [-0.2, 0) is 26.8 Å². The molecule has 16 nitrogen and oxygen atoms in total. The molecule has 6 aromatic rings. The van der Waals surface area contributed by atoms with Gasteiger partial charge in [-0.25, -0.2) is 41.9 Å². The Bertz CT molecular complexity index is 2920. The van der Waals surface area contributed by atoms with E-state index in [2.05, 4.69) is 35.2 Å². The van der Waals surface area contributed by atoms with E-state index in [9.17, 15) is 26.8 Å². The van der Waals surface area contributed by atoms with Gasteiger partial charge < -0.3 is 5.32 Å². The van der Waals surface area contributed by atoms with Crippen LogP contribution in [0.3, 0.4) is 0 Å². The first-order chi connectivity index (χ1) is 31.2. The number of urea groups is 1. The number of amides is 2. The second kappa shape index (κ2) is 23.6. The highest BCUT2D eigenvalue weighted by molar-refractivity contribution is 7.83. The van der Waals surface area contributed by atoms with Crippen LogP contribution in [0.5, 0.6) is 0 Å². The normalized spacial score (nSPS) is 11.7. The van der Waals surface area contributed by atoms with E-state index in [-0.39, 0.29) is 50.4 Å². The standard InChI is InChI=1S/C22H22ClFN6O2S.C16H12FN3O.C6H10ClN3OS/c1-12(2)17-8-15(24)9-18(14-5-6-26-16(7-14)10-25)20(17)27-22(31)29-33(32)21-19(23)11-30(28-21)13(3)4;1-10(2)14-6-12(17)7-15(16(14)20-9-21)11-3-4-19-13(5-11)8-18;1-4(2)10-3-5(7)6(9-10)12(8)11/h5-9,11-13H,1-4H3,(H2,27,29,31);3-7,10H,1-2H3;3-4H,8H2,1-2H3. The summed E-state index contributed by atoms with van der Waals surface area (Å²) in [6.45, 7) is 15.1. The minimum Gasteiger partial charge on any atom is -0.306 e. The number of hydrogen-bond donors (Lipinski definition) is 3. The third-order valence-corrected chi connectivity index (χ3v) is 11.7. The van der Waals surface area contributed by atoms with Gasteiger partial charge in [-0.15, -0.1) is 0 Å². The third-order valence-electron chi connectivity index (χ3n) is 9.17. The lowest BCUT2D eigenvalue weighted by molar-refractivity contribution is 0.257. The minimum absolute atomic E-state index is 0.00360. The number of nitrogens with one attached hydrogen (secondary N) is 2. The van der Waals surface area contributed by atoms with Crippen LogP contribution in [0.4, 0.5) is 25.0 Å². The van der Waals surface area contributed by atoms with Crippen molar-refractivity contribution >= 4 is 68.7 Å². The molecule has 22 heteroatoms. The zero-order valence-electron chi connectivity index (χ0n) is 36.8. The Labute approximate surface area is 395 Å². The van der Waals surface area contributed by atoms with Gasteiger partial charge in [0.15, 0.2) is 21.0 Å². The van der Waals surface area contributed by atoms with E-state index >= 15 is 0 Å². The zero-order chi connectivity index (χ0) is 49.0. The predicted molar refractivity (Wildman–Crippen MR) is 249 cm³/mol. The predicted octanol–water partition coefficient (Wildman–Crippen LogP) is 10.1. The van der Waals surface area contributed by atoms with Gasteiger partial charge in [0.2, 0.25) is 6.08 Å². The van der Waals surface area contributed by atoms with Crippen LogP contribution in [0.15, 0.2) is 88.4 Å². The Kier molecular flexibility index (Phi) is 18.6. The molecule has 0 bridgehead atoms. The average Bonchev–Trinajstić information content (AvgIpc) is 3.88. The van der Waals surface area contributed by atoms with Gasteiger partial charge in [-0.05, 0) is 110 Å². The number of carbonyl (C=O) groups is 1. The van der Waals surface area contributed by atoms with E-state index < -0.39 is 39.6 Å². The highest BCUT2D eigenvalue weighted by Crippen LogP contribution is 2.39. The molecule has 0 saturated heterocycles. The van der Waals surface area contributed by atoms with Crippen molar-refractivity contribution in [3.8, 4) is 34.4 Å². The molecule has 6 rings (SSSR count). The molecule has 4 N–H and O–H groups in total. The van der Waals surface area contributed by atoms with Crippen LogP contribution in [0.1, 0.15) is 102 Å². The number of anilines is 1. The Morgan fingerprint density at radius 3 is 1.67 bits per heavy atom. The van der Waals surface area contributed by atoms with E-state index in [1.54, 1.807) is 27.7 Å². The van der Waals surface area contributed by atoms with Crippen molar-refractivity contribution in [3.05, 3.63) is 118 Å². The molecule has 0 aliphatic heterocycles. The van der Waals surface area contributed by atoms with Crippen molar-refractivity contribution in [2.24, 2.45) is 10.1 Å². The first-order valence-corrected chi connectivity index (χ1v) is 22.9. The van der Waals surface area contributed by atoms with Gasteiger partial charge in [0.1, 0.15) is 46.1 Å². The maximum absolute atomic E-state index is 14.4. The van der Waals surface area contributed by atoms with E-state index in [4.69, 9.17) is 38.9 Å². The number of nitriles is 2. The molecule has 0 saturated carbocycles. The summed E-state index contributed by atoms with van der Waals surface area (Å²) >= 11 is 11.9. The molecular weight excluding hydrogens is 934 g/mol. The van der Waals surface area contributed by atoms with Gasteiger partial charge in [0, 0.05) is 48.0 Å². The summed E-state index contributed by atoms with van der Waals surface area (Å²) in [5.74, 6) is -1.07. The highest BCUT2D eigenvalue weighted by atomic mass is 35.5. The lowest BCUT2D eigenvalue weighted by Gasteiger charge is -2.19. The molecule has 0 aliphatic carbocycles. The quantitative estimate of drug-likeness (QED) is 0.0819. The maximum atomic E-state index is 14.4. The summed E-state index contributed by atoms with van der Waals surface area (Å²) in [5, 5.41) is 34.8. The number of carbonyl (C=O) groups excluding carboxylic acids is 2. The van der Waals surface area contributed by atoms with E-state index in [1.807, 2.05) is 67.5 Å². The molecule has 2 unspecified atom stereocenters. The maximum Gasteiger partial charge on any atom is 0.331 e. The fourth-order valence-electron chi connectivity index (χ4n) is 5.99. The first-order valence-electron chi connectivity index (χ1n) is 19.8. The van der Waals surface area contributed by atoms with Crippen molar-refractivity contribution < 1.29 is 26.8 Å². The SMILES string of the molecule is CC(C)c1cc(F)cc(-c2ccnc(C#N)c2)c1N=C=O.CC(C)c1cc(F)cc(-c2ccnc(C#N)c2)c1NC(=O)NS(=O)c1nn(C(C)C)cc1Cl.CC(C)n1cc(Cl)c(S(N)=O)n1. The average molecular weight is 978 g/mol. The van der Waals surface area contributed by atoms with Crippen molar-refractivity contribution in [2.45, 2.75) is 89.4 Å². The summed E-state index contributed by atoms with van der Waals surface area (Å²) in [4.78, 5) is 35.0. The lowest BCUT2D eigenvalue weighted by atomic mass is 9.94. The summed E-state index contributed by atoms with van der Waals surface area (Å²) in [6, 6.07) is 14.8. The number of benzene rings is 2. The fraction of sp³-hybridized carbons (Fsp3) is 0.273. The van der Waals surface area contributed by atoms with Crippen LogP contribution in [0.2, 0.25) is 10.0 Å². The number of isocyanates is 1. The van der Waals surface area contributed by atoms with Crippen molar-refractivity contribution in [1.82, 2.24) is 34.3 Å². The first kappa shape index (κ1) is 52.1. The third kappa shape index (κ3) is 13.5. The van der Waals surface area contributed by atoms with Gasteiger partial charge in [-0.2, -0.15) is 25.7 Å². The molecule has 2 aromatic carbocycles. The molecule has 66 heavy (non-hydrogen) atoms. The van der Waals surface area contributed by atoms with Crippen LogP contribution in [0.25, 0.3) is 22.3 Å². The van der Waals surface area contributed by atoms with Crippen molar-refractivity contribution in [2.75, 3.05) is 5.32 Å². The van der Waals surface area contributed by atoms with E-state index in [1.165, 1.54) is 61.1 Å². The Hall–Kier alpha value is -6.51. The number of aromatic nitrogens is 6. The van der Waals surface area contributed by atoms with Crippen LogP contribution in [-0.4, -0.2) is 50.1 Å². The molecular formula is C44H44Cl2F2N12O4S2. The number of hydrogen-bond acceptors (Lipinski definition) is 11. The largest absolute Gasteiger partial charge is 0.331 e. The Morgan fingerprint density at radius 1 is 0.758 bits per heavy atom. The van der Waals surface area contributed by atoms with Gasteiger partial charge in [0.05, 0.1) is 21.4 Å². The second-order valence-corrected chi connectivity index (χ2v) is 18.2. The number of aliphatic imine (C=N–C) groups is 1. The topological polar surface area (TPSA) is 240 Å². The number of nitrogens with zero attached hydrogens (tertiary/aromatic N) is 9. The summed E-state index contributed by atoms with van der Waals surface area (Å²) in [5.41, 5.74) is 4.09. The second-order valence-electron chi connectivity index (χ2n) is 15.2. The molecule has 4 heterocycles. The number of halogens is 4. The molecule has 2 atom stereocenters. The van der Waals surface area contributed by atoms with E-state index in [0.717, 1.165) is 0 Å². The van der Waals surface area contributed by atoms with Gasteiger partial charge in [-0.1, -0.05) is 50.9 Å². The molecule has 344 valence electrons. The summed E-state index contributed by atoms with van der Waals surface area (Å²) in [7, 11) is -3.63. The van der Waals surface area contributed by atoms with Gasteiger partial charge >= 0.3 is 6.03 Å². The number of nitrogens with two attached hydrogens (primary N) is 1. The molecule has 0 radical (unpaired) electrons. The molecule has 2 amide bonds. The summed E-state index contributed by atoms with van der Waals surface area (Å²) < 4.78 is 57.3. The Balaban J connectivity index is 0.000000244. The summed E-state index contributed by atoms with van der Waals surface area (Å²) in [6.07, 6.45) is 7.55. The highest BCUT2D eigenvalue weighted by Gasteiger charge is 2.22. The van der Waals surface area contributed by atoms with Gasteiger partial charge in [-0.3, -0.25) is 14.1 Å². The molecule has 4 aromatic heterocycles. The Morgan fingerprint density at radius 2 is 1.23 bits per heavy atom. The van der Waals surface area contributed by atoms with E-state index in [0.29, 0.717) is 49.8 Å². The molecule has 0 aliphatic rings. The van der Waals surface area contributed by atoms with Crippen LogP contribution < -0.4 is 15.2 Å². The van der Waals surface area contributed by atoms with Crippen molar-refractivity contribution in [3.63, 3.8) is 0 Å². The zero-order valence-corrected chi connectivity index (χ0v) is 39.9. The van der Waals surface area contributed by atoms with Crippen molar-refractivity contribution in [1.29, 1.82) is 10.5 Å². The van der Waals surface area contributed by atoms with Gasteiger partial charge in [0.25, 0.3) is 0 Å². The number of pyridine rings is 2. The lowest BCUT2D eigenvalue weighted by Crippen LogP contribution is -2.31. The fourth-order valence-corrected chi connectivity index (χ4v) is 7.84. The smallest absolute Gasteiger partial charge is 0.306 e. The van der Waals surface area contributed by atoms with Crippen LogP contribution in [0, 0.1) is 34.3 Å².